The van der Waals surface area contributed by atoms with E-state index in [0.29, 0.717) is 5.02 Å². The van der Waals surface area contributed by atoms with Crippen molar-refractivity contribution >= 4 is 22.5 Å². The van der Waals surface area contributed by atoms with Crippen molar-refractivity contribution in [1.82, 2.24) is 14.5 Å². The van der Waals surface area contributed by atoms with Gasteiger partial charge in [-0.15, -0.1) is 0 Å². The van der Waals surface area contributed by atoms with Crippen molar-refractivity contribution < 1.29 is 0 Å². The minimum atomic E-state index is -0.278. The van der Waals surface area contributed by atoms with Gasteiger partial charge in [-0.3, -0.25) is 4.57 Å². The Hall–Kier alpha value is -2.17. The van der Waals surface area contributed by atoms with Crippen LogP contribution in [0.1, 0.15) is 5.69 Å². The van der Waals surface area contributed by atoms with Gasteiger partial charge in [0.2, 0.25) is 0 Å². The SMILES string of the molecule is CN(C)CCc1nc(=O)n(-c2ccccc2)c2cc(Cl)ccc12. The van der Waals surface area contributed by atoms with Crippen LogP contribution < -0.4 is 5.69 Å². The van der Waals surface area contributed by atoms with Crippen LogP contribution in [-0.4, -0.2) is 35.1 Å². The highest BCUT2D eigenvalue weighted by atomic mass is 35.5. The highest BCUT2D eigenvalue weighted by molar-refractivity contribution is 6.31. The second kappa shape index (κ2) is 6.52. The Morgan fingerprint density at radius 1 is 1.13 bits per heavy atom. The fourth-order valence-electron chi connectivity index (χ4n) is 2.61. The van der Waals surface area contributed by atoms with Crippen LogP contribution in [0.3, 0.4) is 0 Å². The number of aromatic nitrogens is 2. The van der Waals surface area contributed by atoms with E-state index in [9.17, 15) is 4.79 Å². The molecular formula is C18H18ClN3O. The van der Waals surface area contributed by atoms with Crippen LogP contribution in [0.4, 0.5) is 0 Å². The fourth-order valence-corrected chi connectivity index (χ4v) is 2.78. The Balaban J connectivity index is 2.26. The zero-order chi connectivity index (χ0) is 16.4. The van der Waals surface area contributed by atoms with Gasteiger partial charge in [0.05, 0.1) is 16.9 Å². The zero-order valence-electron chi connectivity index (χ0n) is 13.2. The van der Waals surface area contributed by atoms with Crippen molar-refractivity contribution in [2.24, 2.45) is 0 Å². The van der Waals surface area contributed by atoms with E-state index in [0.717, 1.165) is 35.2 Å². The molecule has 0 aliphatic carbocycles. The number of halogens is 1. The molecule has 0 aliphatic rings. The summed E-state index contributed by atoms with van der Waals surface area (Å²) in [7, 11) is 4.01. The molecule has 0 aliphatic heterocycles. The van der Waals surface area contributed by atoms with Crippen molar-refractivity contribution in [2.75, 3.05) is 20.6 Å². The van der Waals surface area contributed by atoms with Crippen LogP contribution in [0.2, 0.25) is 5.02 Å². The number of benzene rings is 2. The van der Waals surface area contributed by atoms with Crippen molar-refractivity contribution in [3.63, 3.8) is 0 Å². The van der Waals surface area contributed by atoms with Gasteiger partial charge in [0, 0.05) is 23.4 Å². The molecule has 3 rings (SSSR count). The molecule has 2 aromatic carbocycles. The van der Waals surface area contributed by atoms with Crippen LogP contribution in [0.5, 0.6) is 0 Å². The third kappa shape index (κ3) is 3.28. The molecule has 23 heavy (non-hydrogen) atoms. The predicted octanol–water partition coefficient (Wildman–Crippen LogP) is 3.14. The lowest BCUT2D eigenvalue weighted by Crippen LogP contribution is -2.25. The molecule has 1 aromatic heterocycles. The summed E-state index contributed by atoms with van der Waals surface area (Å²) in [4.78, 5) is 19.0. The zero-order valence-corrected chi connectivity index (χ0v) is 13.9. The third-order valence-electron chi connectivity index (χ3n) is 3.74. The molecule has 0 atom stereocenters. The molecule has 1 heterocycles. The summed E-state index contributed by atoms with van der Waals surface area (Å²) >= 11 is 6.17. The average molecular weight is 328 g/mol. The topological polar surface area (TPSA) is 38.1 Å². The van der Waals surface area contributed by atoms with E-state index in [1.54, 1.807) is 4.57 Å². The van der Waals surface area contributed by atoms with Crippen LogP contribution >= 0.6 is 11.6 Å². The Bertz CT molecular complexity index is 888. The first-order valence-electron chi connectivity index (χ1n) is 7.47. The number of likely N-dealkylation sites (N-methyl/N-ethyl adjacent to an activating group) is 1. The van der Waals surface area contributed by atoms with E-state index >= 15 is 0 Å². The van der Waals surface area contributed by atoms with Gasteiger partial charge >= 0.3 is 5.69 Å². The summed E-state index contributed by atoms with van der Waals surface area (Å²) in [5.41, 5.74) is 2.11. The lowest BCUT2D eigenvalue weighted by molar-refractivity contribution is 0.412. The van der Waals surface area contributed by atoms with E-state index in [-0.39, 0.29) is 5.69 Å². The van der Waals surface area contributed by atoms with Gasteiger partial charge in [0.25, 0.3) is 0 Å². The number of para-hydroxylation sites is 1. The Kier molecular flexibility index (Phi) is 4.46. The van der Waals surface area contributed by atoms with Gasteiger partial charge in [0.1, 0.15) is 0 Å². The van der Waals surface area contributed by atoms with Crippen molar-refractivity contribution in [3.8, 4) is 5.69 Å². The largest absolute Gasteiger partial charge is 0.352 e. The van der Waals surface area contributed by atoms with Crippen molar-refractivity contribution in [3.05, 3.63) is 69.7 Å². The highest BCUT2D eigenvalue weighted by Gasteiger charge is 2.12. The van der Waals surface area contributed by atoms with E-state index in [1.807, 2.05) is 62.6 Å². The molecule has 3 aromatic rings. The number of hydrogen-bond acceptors (Lipinski definition) is 3. The standard InChI is InChI=1S/C18H18ClN3O/c1-21(2)11-10-16-15-9-8-13(19)12-17(15)22(18(23)20-16)14-6-4-3-5-7-14/h3-9,12H,10-11H2,1-2H3. The minimum absolute atomic E-state index is 0.278. The van der Waals surface area contributed by atoms with Crippen LogP contribution in [0.15, 0.2) is 53.3 Å². The number of hydrogen-bond donors (Lipinski definition) is 0. The summed E-state index contributed by atoms with van der Waals surface area (Å²) in [5.74, 6) is 0. The average Bonchev–Trinajstić information content (AvgIpc) is 2.53. The summed E-state index contributed by atoms with van der Waals surface area (Å²) in [5, 5.41) is 1.56. The van der Waals surface area contributed by atoms with Gasteiger partial charge in [-0.05, 0) is 44.4 Å². The normalized spacial score (nSPS) is 11.3. The minimum Gasteiger partial charge on any atom is -0.309 e. The Morgan fingerprint density at radius 3 is 2.57 bits per heavy atom. The smallest absolute Gasteiger partial charge is 0.309 e. The Labute approximate surface area is 140 Å². The molecule has 0 fully saturated rings. The highest BCUT2D eigenvalue weighted by Crippen LogP contribution is 2.23. The molecule has 0 saturated heterocycles. The van der Waals surface area contributed by atoms with Crippen LogP contribution in [0.25, 0.3) is 16.6 Å². The van der Waals surface area contributed by atoms with Crippen molar-refractivity contribution in [2.45, 2.75) is 6.42 Å². The number of rotatable bonds is 4. The van der Waals surface area contributed by atoms with Crippen molar-refractivity contribution in [1.29, 1.82) is 0 Å². The molecule has 5 heteroatoms. The first-order chi connectivity index (χ1) is 11.1. The summed E-state index contributed by atoms with van der Waals surface area (Å²) in [6.07, 6.45) is 0.718. The molecule has 0 spiro atoms. The molecule has 0 radical (unpaired) electrons. The molecule has 4 nitrogen and oxygen atoms in total. The fraction of sp³-hybridized carbons (Fsp3) is 0.222. The van der Waals surface area contributed by atoms with Gasteiger partial charge < -0.3 is 4.90 Å². The van der Waals surface area contributed by atoms with E-state index in [4.69, 9.17) is 11.6 Å². The Morgan fingerprint density at radius 2 is 1.87 bits per heavy atom. The molecule has 0 unspecified atom stereocenters. The van der Waals surface area contributed by atoms with E-state index < -0.39 is 0 Å². The third-order valence-corrected chi connectivity index (χ3v) is 3.98. The molecule has 118 valence electrons. The molecule has 0 saturated carbocycles. The second-order valence-electron chi connectivity index (χ2n) is 5.73. The lowest BCUT2D eigenvalue weighted by atomic mass is 10.1. The maximum Gasteiger partial charge on any atom is 0.352 e. The molecule has 0 N–H and O–H groups in total. The van der Waals surface area contributed by atoms with E-state index in [2.05, 4.69) is 9.88 Å². The summed E-state index contributed by atoms with van der Waals surface area (Å²) in [6.45, 7) is 0.833. The van der Waals surface area contributed by atoms with Gasteiger partial charge in [-0.25, -0.2) is 4.79 Å². The predicted molar refractivity (Wildman–Crippen MR) is 94.6 cm³/mol. The molecular weight excluding hydrogens is 310 g/mol. The van der Waals surface area contributed by atoms with Gasteiger partial charge in [-0.1, -0.05) is 29.8 Å². The number of nitrogens with zero attached hydrogens (tertiary/aromatic N) is 3. The summed E-state index contributed by atoms with van der Waals surface area (Å²) in [6, 6.07) is 15.1. The number of fused-ring (bicyclic) bond motifs is 1. The monoisotopic (exact) mass is 327 g/mol. The first kappa shape index (κ1) is 15.7. The lowest BCUT2D eigenvalue weighted by Gasteiger charge is -2.14. The first-order valence-corrected chi connectivity index (χ1v) is 7.85. The van der Waals surface area contributed by atoms with Gasteiger partial charge in [0.15, 0.2) is 0 Å². The molecule has 0 bridgehead atoms. The van der Waals surface area contributed by atoms with E-state index in [1.165, 1.54) is 0 Å². The maximum absolute atomic E-state index is 12.6. The quantitative estimate of drug-likeness (QED) is 0.739. The molecule has 0 amide bonds. The van der Waals surface area contributed by atoms with Gasteiger partial charge in [-0.2, -0.15) is 4.98 Å². The summed E-state index contributed by atoms with van der Waals surface area (Å²) < 4.78 is 1.61. The van der Waals surface area contributed by atoms with Crippen LogP contribution in [-0.2, 0) is 6.42 Å². The maximum atomic E-state index is 12.6. The van der Waals surface area contributed by atoms with Crippen LogP contribution in [0, 0.1) is 0 Å². The second-order valence-corrected chi connectivity index (χ2v) is 6.16.